The van der Waals surface area contributed by atoms with Gasteiger partial charge in [0.05, 0.1) is 12.6 Å². The Kier molecular flexibility index (Phi) is 4.36. The molecule has 0 aromatic heterocycles. The van der Waals surface area contributed by atoms with Gasteiger partial charge in [-0.1, -0.05) is 38.5 Å². The van der Waals surface area contributed by atoms with Crippen LogP contribution in [0.15, 0.2) is 30.3 Å². The Bertz CT molecular complexity index is 823. The quantitative estimate of drug-likeness (QED) is 0.566. The number of benzene rings is 1. The van der Waals surface area contributed by atoms with Crippen LogP contribution in [-0.4, -0.2) is 56.5 Å². The van der Waals surface area contributed by atoms with E-state index in [9.17, 15) is 4.79 Å². The summed E-state index contributed by atoms with van der Waals surface area (Å²) in [5, 5.41) is 0. The van der Waals surface area contributed by atoms with E-state index in [2.05, 4.69) is 44.2 Å². The highest BCUT2D eigenvalue weighted by molar-refractivity contribution is 5.76. The van der Waals surface area contributed by atoms with E-state index in [0.29, 0.717) is 5.92 Å². The molecule has 0 radical (unpaired) electrons. The lowest BCUT2D eigenvalue weighted by Crippen LogP contribution is -3.26. The van der Waals surface area contributed by atoms with Crippen LogP contribution in [0.4, 0.5) is 5.69 Å². The molecular weight excluding hydrogens is 376 g/mol. The van der Waals surface area contributed by atoms with Crippen molar-refractivity contribution in [3.63, 3.8) is 0 Å². The normalized spacial score (nSPS) is 49.5. The molecule has 3 aliphatic heterocycles. The number of rotatable bonds is 3. The molecule has 5 heteroatoms. The van der Waals surface area contributed by atoms with Crippen LogP contribution in [0, 0.1) is 23.2 Å². The number of nitrogens with one attached hydrogen (secondary N) is 2. The van der Waals surface area contributed by atoms with Gasteiger partial charge in [-0.15, -0.1) is 0 Å². The molecule has 0 unspecified atom stereocenters. The van der Waals surface area contributed by atoms with Crippen molar-refractivity contribution < 1.29 is 24.1 Å². The Morgan fingerprint density at radius 3 is 2.67 bits per heavy atom. The summed E-state index contributed by atoms with van der Waals surface area (Å²) in [4.78, 5) is 16.1. The fourth-order valence-electron chi connectivity index (χ4n) is 7.85. The van der Waals surface area contributed by atoms with E-state index < -0.39 is 0 Å². The lowest BCUT2D eigenvalue weighted by Gasteiger charge is -2.48. The third-order valence-corrected chi connectivity index (χ3v) is 9.45. The molecule has 3 saturated heterocycles. The minimum atomic E-state index is 0.0180. The van der Waals surface area contributed by atoms with Gasteiger partial charge in [0.15, 0.2) is 0 Å². The smallest absolute Gasteiger partial charge is 0.315 e. The molecule has 2 aliphatic carbocycles. The molecule has 2 N–H and O–H groups in total. The van der Waals surface area contributed by atoms with Gasteiger partial charge in [0.1, 0.15) is 49.5 Å². The maximum atomic E-state index is 13.0. The topological polar surface area (TPSA) is 47.7 Å². The van der Waals surface area contributed by atoms with E-state index in [1.807, 2.05) is 0 Å². The zero-order valence-electron chi connectivity index (χ0n) is 18.4. The van der Waals surface area contributed by atoms with Crippen molar-refractivity contribution in [3.8, 4) is 0 Å². The first-order valence-corrected chi connectivity index (χ1v) is 12.1. The van der Waals surface area contributed by atoms with Crippen LogP contribution in [0.2, 0.25) is 0 Å². The van der Waals surface area contributed by atoms with Gasteiger partial charge in [0, 0.05) is 11.3 Å². The zero-order valence-corrected chi connectivity index (χ0v) is 18.4. The second-order valence-electron chi connectivity index (χ2n) is 11.0. The van der Waals surface area contributed by atoms with Crippen molar-refractivity contribution in [2.24, 2.45) is 23.2 Å². The van der Waals surface area contributed by atoms with E-state index in [1.165, 1.54) is 24.9 Å². The molecule has 5 aliphatic rings. The van der Waals surface area contributed by atoms with Crippen LogP contribution in [0.25, 0.3) is 0 Å². The lowest BCUT2D eigenvalue weighted by atomic mass is 9.53. The number of quaternary nitrogens is 2. The number of ether oxygens (including phenoxy) is 2. The molecule has 3 heterocycles. The summed E-state index contributed by atoms with van der Waals surface area (Å²) in [5.41, 5.74) is 1.59. The minimum absolute atomic E-state index is 0.0180. The van der Waals surface area contributed by atoms with Crippen LogP contribution < -0.4 is 9.80 Å². The first kappa shape index (κ1) is 19.3. The number of esters is 1. The molecular formula is C25H36N2O3+2. The predicted molar refractivity (Wildman–Crippen MR) is 113 cm³/mol. The summed E-state index contributed by atoms with van der Waals surface area (Å²) in [6.45, 7) is 10.2. The largest absolute Gasteiger partial charge is 0.462 e. The Labute approximate surface area is 179 Å². The number of fused-ring (bicyclic) bond motifs is 2. The second-order valence-corrected chi connectivity index (χ2v) is 11.0. The maximum absolute atomic E-state index is 13.0. The SMILES string of the molecule is C[C@H]1CCC[C@]2(C)C[C@H]3OC(=O)[C@H](C[NH+]4CC[NH+](c5ccccc5)CC4)[C@H]3[C@@H]3O[C@@]132. The predicted octanol–water partition coefficient (Wildman–Crippen LogP) is 0.627. The monoisotopic (exact) mass is 412 g/mol. The highest BCUT2D eigenvalue weighted by Gasteiger charge is 2.78. The summed E-state index contributed by atoms with van der Waals surface area (Å²) < 4.78 is 12.6. The van der Waals surface area contributed by atoms with Crippen molar-refractivity contribution in [2.75, 3.05) is 32.7 Å². The van der Waals surface area contributed by atoms with Crippen molar-refractivity contribution in [3.05, 3.63) is 30.3 Å². The Hall–Kier alpha value is -1.43. The molecule has 5 nitrogen and oxygen atoms in total. The van der Waals surface area contributed by atoms with Crippen molar-refractivity contribution >= 4 is 11.7 Å². The molecule has 162 valence electrons. The summed E-state index contributed by atoms with van der Waals surface area (Å²) >= 11 is 0. The first-order valence-electron chi connectivity index (χ1n) is 12.1. The summed E-state index contributed by atoms with van der Waals surface area (Å²) in [5.74, 6) is 0.948. The molecule has 6 rings (SSSR count). The molecule has 1 spiro atoms. The fraction of sp³-hybridized carbons (Fsp3) is 0.720. The van der Waals surface area contributed by atoms with Crippen molar-refractivity contribution in [1.82, 2.24) is 0 Å². The lowest BCUT2D eigenvalue weighted by molar-refractivity contribution is -0.987. The van der Waals surface area contributed by atoms with Gasteiger partial charge in [-0.25, -0.2) is 0 Å². The molecule has 0 bridgehead atoms. The third-order valence-electron chi connectivity index (χ3n) is 9.45. The average Bonchev–Trinajstić information content (AvgIpc) is 3.44. The van der Waals surface area contributed by atoms with Gasteiger partial charge < -0.3 is 14.4 Å². The van der Waals surface area contributed by atoms with E-state index in [4.69, 9.17) is 9.47 Å². The number of carbonyl (C=O) groups is 1. The Morgan fingerprint density at radius 1 is 1.13 bits per heavy atom. The van der Waals surface area contributed by atoms with Gasteiger partial charge >= 0.3 is 5.97 Å². The third kappa shape index (κ3) is 2.68. The van der Waals surface area contributed by atoms with Gasteiger partial charge in [-0.3, -0.25) is 9.69 Å². The number of epoxide rings is 1. The molecule has 30 heavy (non-hydrogen) atoms. The standard InChI is InChI=1S/C25H34N2O3/c1-17-7-6-10-24(2)15-20-21(22-25(17,24)30-22)19(23(28)29-20)16-26-11-13-27(14-12-26)18-8-4-3-5-9-18/h3-5,8-9,17,19-22H,6-7,10-16H2,1-2H3/p+2/t17-,19+,20+,21+,22-,24+,25-/m0/s1. The van der Waals surface area contributed by atoms with E-state index in [-0.39, 0.29) is 41.0 Å². The summed E-state index contributed by atoms with van der Waals surface area (Å²) in [6.07, 6.45) is 5.08. The maximum Gasteiger partial charge on any atom is 0.315 e. The van der Waals surface area contributed by atoms with E-state index in [0.717, 1.165) is 39.1 Å². The number of para-hydroxylation sites is 1. The van der Waals surface area contributed by atoms with Gasteiger partial charge in [0.2, 0.25) is 0 Å². The van der Waals surface area contributed by atoms with Gasteiger partial charge in [0.25, 0.3) is 0 Å². The van der Waals surface area contributed by atoms with Gasteiger partial charge in [-0.2, -0.15) is 0 Å². The molecule has 1 aromatic rings. The van der Waals surface area contributed by atoms with Crippen LogP contribution in [0.1, 0.15) is 39.5 Å². The Balaban J connectivity index is 1.15. The number of carbonyl (C=O) groups excluding carboxylic acids is 1. The van der Waals surface area contributed by atoms with Crippen LogP contribution in [0.3, 0.4) is 0 Å². The fourth-order valence-corrected chi connectivity index (χ4v) is 7.85. The first-order chi connectivity index (χ1) is 14.5. The molecule has 2 saturated carbocycles. The minimum Gasteiger partial charge on any atom is -0.462 e. The molecule has 0 amide bonds. The summed E-state index contributed by atoms with van der Waals surface area (Å²) in [6, 6.07) is 10.8. The highest BCUT2D eigenvalue weighted by atomic mass is 16.6. The second kappa shape index (κ2) is 6.78. The highest BCUT2D eigenvalue weighted by Crippen LogP contribution is 2.70. The van der Waals surface area contributed by atoms with Crippen molar-refractivity contribution in [1.29, 1.82) is 0 Å². The number of hydrogen-bond donors (Lipinski definition) is 2. The number of piperazine rings is 1. The average molecular weight is 413 g/mol. The Morgan fingerprint density at radius 2 is 1.90 bits per heavy atom. The molecule has 5 fully saturated rings. The van der Waals surface area contributed by atoms with Gasteiger partial charge in [-0.05, 0) is 37.3 Å². The zero-order chi connectivity index (χ0) is 20.5. The molecule has 1 aromatic carbocycles. The van der Waals surface area contributed by atoms with Crippen LogP contribution in [-0.2, 0) is 14.3 Å². The summed E-state index contributed by atoms with van der Waals surface area (Å²) in [7, 11) is 0. The van der Waals surface area contributed by atoms with Crippen LogP contribution >= 0.6 is 0 Å². The number of hydrogen-bond acceptors (Lipinski definition) is 3. The van der Waals surface area contributed by atoms with Crippen molar-refractivity contribution in [2.45, 2.75) is 57.3 Å². The van der Waals surface area contributed by atoms with E-state index >= 15 is 0 Å². The van der Waals surface area contributed by atoms with E-state index in [1.54, 1.807) is 9.80 Å². The molecule has 7 atom stereocenters. The van der Waals surface area contributed by atoms with Crippen LogP contribution in [0.5, 0.6) is 0 Å².